The van der Waals surface area contributed by atoms with E-state index in [9.17, 15) is 0 Å². The van der Waals surface area contributed by atoms with E-state index in [1.54, 1.807) is 15.4 Å². The van der Waals surface area contributed by atoms with Crippen LogP contribution in [0.5, 0.6) is 0 Å². The summed E-state index contributed by atoms with van der Waals surface area (Å²) in [5.41, 5.74) is 0.978. The minimum atomic E-state index is 0.748. The molecule has 2 aromatic heterocycles. The van der Waals surface area contributed by atoms with Crippen LogP contribution in [0.1, 0.15) is 19.8 Å². The number of rotatable bonds is 3. The SMILES string of the molecule is CC1CCCN(N(C)c2ncnc3c2ccn3SI)C1. The van der Waals surface area contributed by atoms with Gasteiger partial charge in [-0.2, -0.15) is 0 Å². The van der Waals surface area contributed by atoms with E-state index in [1.165, 1.54) is 12.8 Å². The Bertz CT molecular complexity index is 601. The molecule has 3 heterocycles. The molecule has 3 rings (SSSR count). The van der Waals surface area contributed by atoms with Crippen molar-refractivity contribution in [2.75, 3.05) is 25.1 Å². The largest absolute Gasteiger partial charge is 0.292 e. The van der Waals surface area contributed by atoms with Crippen molar-refractivity contribution in [3.8, 4) is 0 Å². The number of hydrogen-bond acceptors (Lipinski definition) is 5. The Morgan fingerprint density at radius 3 is 3.05 bits per heavy atom. The molecule has 1 fully saturated rings. The molecule has 0 bridgehead atoms. The first-order valence-electron chi connectivity index (χ1n) is 6.80. The fourth-order valence-electron chi connectivity index (χ4n) is 2.80. The van der Waals surface area contributed by atoms with Gasteiger partial charge in [-0.05, 0) is 24.8 Å². The van der Waals surface area contributed by atoms with Crippen LogP contribution >= 0.6 is 30.3 Å². The first kappa shape index (κ1) is 14.4. The van der Waals surface area contributed by atoms with Crippen molar-refractivity contribution in [3.05, 3.63) is 18.6 Å². The molecule has 20 heavy (non-hydrogen) atoms. The van der Waals surface area contributed by atoms with Crippen molar-refractivity contribution >= 4 is 47.2 Å². The highest BCUT2D eigenvalue weighted by Crippen LogP contribution is 2.29. The van der Waals surface area contributed by atoms with Crippen LogP contribution in [0.2, 0.25) is 0 Å². The summed E-state index contributed by atoms with van der Waals surface area (Å²) < 4.78 is 2.06. The zero-order valence-corrected chi connectivity index (χ0v) is 14.6. The summed E-state index contributed by atoms with van der Waals surface area (Å²) in [5, 5.41) is 5.70. The Labute approximate surface area is 135 Å². The van der Waals surface area contributed by atoms with Crippen molar-refractivity contribution in [1.82, 2.24) is 18.9 Å². The first-order chi connectivity index (χ1) is 9.70. The van der Waals surface area contributed by atoms with Crippen LogP contribution in [0.25, 0.3) is 11.0 Å². The molecule has 7 heteroatoms. The van der Waals surface area contributed by atoms with Gasteiger partial charge in [0.1, 0.15) is 6.33 Å². The van der Waals surface area contributed by atoms with Crippen LogP contribution in [-0.2, 0) is 0 Å². The molecule has 0 aromatic carbocycles. The smallest absolute Gasteiger partial charge is 0.156 e. The Kier molecular flexibility index (Phi) is 4.37. The van der Waals surface area contributed by atoms with Gasteiger partial charge in [-0.1, -0.05) is 6.92 Å². The average Bonchev–Trinajstić information content (AvgIpc) is 2.89. The van der Waals surface area contributed by atoms with Gasteiger partial charge in [0.05, 0.1) is 5.39 Å². The summed E-state index contributed by atoms with van der Waals surface area (Å²) in [5.74, 6) is 1.74. The highest BCUT2D eigenvalue weighted by molar-refractivity contribution is 14.2. The minimum absolute atomic E-state index is 0.748. The van der Waals surface area contributed by atoms with Gasteiger partial charge in [0.2, 0.25) is 0 Å². The number of nitrogens with zero attached hydrogens (tertiary/aromatic N) is 5. The highest BCUT2D eigenvalue weighted by Gasteiger charge is 2.22. The maximum Gasteiger partial charge on any atom is 0.156 e. The van der Waals surface area contributed by atoms with Crippen molar-refractivity contribution in [3.63, 3.8) is 0 Å². The number of fused-ring (bicyclic) bond motifs is 1. The molecule has 108 valence electrons. The van der Waals surface area contributed by atoms with Crippen LogP contribution in [0, 0.1) is 5.92 Å². The molecule has 0 spiro atoms. The van der Waals surface area contributed by atoms with Crippen LogP contribution in [0.4, 0.5) is 5.82 Å². The van der Waals surface area contributed by atoms with E-state index in [2.05, 4.69) is 65.2 Å². The molecule has 0 amide bonds. The van der Waals surface area contributed by atoms with E-state index in [4.69, 9.17) is 0 Å². The second kappa shape index (κ2) is 6.07. The number of piperidine rings is 1. The summed E-state index contributed by atoms with van der Waals surface area (Å²) >= 11 is 2.27. The van der Waals surface area contributed by atoms with Crippen molar-refractivity contribution in [2.24, 2.45) is 5.92 Å². The molecular formula is C13H18IN5S. The van der Waals surface area contributed by atoms with Crippen LogP contribution in [-0.4, -0.2) is 39.1 Å². The summed E-state index contributed by atoms with van der Waals surface area (Å²) in [7, 11) is 3.73. The van der Waals surface area contributed by atoms with Gasteiger partial charge >= 0.3 is 0 Å². The number of anilines is 1. The van der Waals surface area contributed by atoms with Crippen LogP contribution < -0.4 is 5.01 Å². The van der Waals surface area contributed by atoms with Crippen molar-refractivity contribution in [2.45, 2.75) is 19.8 Å². The predicted octanol–water partition coefficient (Wildman–Crippen LogP) is 3.36. The molecule has 0 saturated carbocycles. The topological polar surface area (TPSA) is 37.2 Å². The monoisotopic (exact) mass is 403 g/mol. The molecule has 1 aliphatic heterocycles. The average molecular weight is 403 g/mol. The summed E-state index contributed by atoms with van der Waals surface area (Å²) in [6, 6.07) is 2.10. The zero-order valence-electron chi connectivity index (χ0n) is 11.7. The summed E-state index contributed by atoms with van der Waals surface area (Å²) in [6.07, 6.45) is 6.28. The highest BCUT2D eigenvalue weighted by atomic mass is 127. The summed E-state index contributed by atoms with van der Waals surface area (Å²) in [4.78, 5) is 8.90. The lowest BCUT2D eigenvalue weighted by Gasteiger charge is -2.38. The van der Waals surface area contributed by atoms with E-state index in [0.717, 1.165) is 35.9 Å². The van der Waals surface area contributed by atoms with Gasteiger partial charge in [-0.25, -0.2) is 15.0 Å². The third kappa shape index (κ3) is 2.62. The van der Waals surface area contributed by atoms with E-state index in [-0.39, 0.29) is 0 Å². The molecule has 0 N–H and O–H groups in total. The minimum Gasteiger partial charge on any atom is -0.292 e. The normalized spacial score (nSPS) is 20.4. The Morgan fingerprint density at radius 1 is 1.45 bits per heavy atom. The van der Waals surface area contributed by atoms with Crippen LogP contribution in [0.15, 0.2) is 18.6 Å². The van der Waals surface area contributed by atoms with Crippen molar-refractivity contribution in [1.29, 1.82) is 0 Å². The quantitative estimate of drug-likeness (QED) is 0.735. The molecule has 1 aliphatic rings. The Hall–Kier alpha value is -0.540. The fourth-order valence-corrected chi connectivity index (χ4v) is 4.07. The van der Waals surface area contributed by atoms with E-state index >= 15 is 0 Å². The molecule has 0 radical (unpaired) electrons. The predicted molar refractivity (Wildman–Crippen MR) is 92.9 cm³/mol. The molecule has 1 saturated heterocycles. The maximum absolute atomic E-state index is 4.50. The molecule has 5 nitrogen and oxygen atoms in total. The molecule has 1 atom stereocenters. The van der Waals surface area contributed by atoms with Gasteiger partial charge in [0, 0.05) is 56.7 Å². The van der Waals surface area contributed by atoms with Gasteiger partial charge in [0.15, 0.2) is 11.5 Å². The lowest BCUT2D eigenvalue weighted by Crippen LogP contribution is -2.46. The Balaban J connectivity index is 1.94. The lowest BCUT2D eigenvalue weighted by atomic mass is 10.0. The summed E-state index contributed by atoms with van der Waals surface area (Å²) in [6.45, 7) is 4.52. The lowest BCUT2D eigenvalue weighted by molar-refractivity contribution is 0.176. The van der Waals surface area contributed by atoms with Gasteiger partial charge in [-0.3, -0.25) is 8.98 Å². The van der Waals surface area contributed by atoms with Crippen molar-refractivity contribution < 1.29 is 0 Å². The fraction of sp³-hybridized carbons (Fsp3) is 0.538. The second-order valence-corrected chi connectivity index (χ2v) is 7.04. The maximum atomic E-state index is 4.50. The molecular weight excluding hydrogens is 385 g/mol. The third-order valence-electron chi connectivity index (χ3n) is 3.87. The number of hydrazine groups is 1. The standard InChI is InChI=1S/C13H18IN5S/c1-10-4-3-6-18(8-10)17(2)12-11-5-7-19(20-14)13(11)16-9-15-12/h5,7,9-10H,3-4,6,8H2,1-2H3. The second-order valence-electron chi connectivity index (χ2n) is 5.33. The van der Waals surface area contributed by atoms with Gasteiger partial charge in [-0.15, -0.1) is 0 Å². The molecule has 1 unspecified atom stereocenters. The molecule has 2 aromatic rings. The number of halogens is 1. The van der Waals surface area contributed by atoms with Gasteiger partial charge in [0.25, 0.3) is 0 Å². The molecule has 0 aliphatic carbocycles. The zero-order chi connectivity index (χ0) is 14.1. The van der Waals surface area contributed by atoms with E-state index < -0.39 is 0 Å². The Morgan fingerprint density at radius 2 is 2.30 bits per heavy atom. The van der Waals surface area contributed by atoms with E-state index in [1.807, 2.05) is 6.20 Å². The first-order valence-corrected chi connectivity index (χ1v) is 10.1. The third-order valence-corrected chi connectivity index (χ3v) is 5.58. The van der Waals surface area contributed by atoms with E-state index in [0.29, 0.717) is 0 Å². The number of aromatic nitrogens is 3. The van der Waals surface area contributed by atoms with Gasteiger partial charge < -0.3 is 0 Å². The number of hydrogen-bond donors (Lipinski definition) is 0. The van der Waals surface area contributed by atoms with Crippen LogP contribution in [0.3, 0.4) is 0 Å².